The number of nitriles is 1. The number of thiophene rings is 1. The Bertz CT molecular complexity index is 2100. The Kier molecular flexibility index (Phi) is 14.9. The summed E-state index contributed by atoms with van der Waals surface area (Å²) in [4.78, 5) is 35.6. The van der Waals surface area contributed by atoms with E-state index in [2.05, 4.69) is 40.3 Å². The van der Waals surface area contributed by atoms with Crippen molar-refractivity contribution in [2.75, 3.05) is 88.1 Å². The van der Waals surface area contributed by atoms with Crippen LogP contribution in [0.4, 0.5) is 11.4 Å². The Hall–Kier alpha value is -4.56. The van der Waals surface area contributed by atoms with Gasteiger partial charge in [0.2, 0.25) is 11.8 Å². The number of halogens is 2. The van der Waals surface area contributed by atoms with Crippen LogP contribution in [0.5, 0.6) is 5.75 Å². The fraction of sp³-hybridized carbons (Fsp3) is 0.450. The van der Waals surface area contributed by atoms with Gasteiger partial charge in [-0.15, -0.1) is 33.1 Å². The number of hydrogen-bond acceptors (Lipinski definition) is 12. The number of benzene rings is 2. The highest BCUT2D eigenvalue weighted by atomic mass is 35.5. The summed E-state index contributed by atoms with van der Waals surface area (Å²) in [6, 6.07) is 14.7. The number of amides is 2. The highest BCUT2D eigenvalue weighted by molar-refractivity contribution is 7.15. The van der Waals surface area contributed by atoms with Gasteiger partial charge in [0.1, 0.15) is 35.1 Å². The van der Waals surface area contributed by atoms with E-state index < -0.39 is 6.04 Å². The number of aliphatic imine (C=N–C) groups is 1. The van der Waals surface area contributed by atoms with Gasteiger partial charge in [-0.25, -0.2) is 0 Å². The number of aryl methyl sites for hydroxylation is 2. The summed E-state index contributed by atoms with van der Waals surface area (Å²) in [5.74, 6) is 1.45. The van der Waals surface area contributed by atoms with Gasteiger partial charge in [0, 0.05) is 52.4 Å². The Morgan fingerprint density at radius 2 is 1.77 bits per heavy atom. The number of alkyl halides is 1. The smallest absolute Gasteiger partial charge is 0.241 e. The van der Waals surface area contributed by atoms with Gasteiger partial charge in [-0.2, -0.15) is 5.26 Å². The van der Waals surface area contributed by atoms with Crippen LogP contribution >= 0.6 is 34.5 Å². The third-order valence-electron chi connectivity index (χ3n) is 9.63. The summed E-state index contributed by atoms with van der Waals surface area (Å²) < 4.78 is 25.1. The summed E-state index contributed by atoms with van der Waals surface area (Å²) in [6.07, 6.45) is 0.306. The van der Waals surface area contributed by atoms with Crippen molar-refractivity contribution in [2.45, 2.75) is 39.7 Å². The number of nitrogens with zero attached hydrogens (tertiary/aromatic N) is 7. The number of hydrogen-bond donors (Lipinski definition) is 1. The second-order valence-corrected chi connectivity index (χ2v) is 15.3. The SMILES string of the molecule is Cc1sc2c(c1C)C(c1ccc(Cl)cc1)=N[C@@H](CC(=O)NCCOCCOCCOCCN1CCOc3cc(N(CCC#N)C(=O)CCl)ccc31)c1nnc(C)n1-2. The molecule has 2 aromatic carbocycles. The average Bonchev–Trinajstić information content (AvgIpc) is 3.69. The molecule has 302 valence electrons. The zero-order chi connectivity index (χ0) is 40.3. The van der Waals surface area contributed by atoms with Crippen LogP contribution < -0.4 is 19.9 Å². The molecule has 0 fully saturated rings. The summed E-state index contributed by atoms with van der Waals surface area (Å²) in [7, 11) is 0. The molecule has 2 aliphatic rings. The number of aromatic nitrogens is 3. The predicted octanol–water partition coefficient (Wildman–Crippen LogP) is 5.74. The molecule has 4 aromatic rings. The third-order valence-corrected chi connectivity index (χ3v) is 11.3. The lowest BCUT2D eigenvalue weighted by Crippen LogP contribution is -2.36. The van der Waals surface area contributed by atoms with E-state index in [1.165, 1.54) is 9.78 Å². The number of fused-ring (bicyclic) bond motifs is 4. The second kappa shape index (κ2) is 20.2. The lowest BCUT2D eigenvalue weighted by molar-refractivity contribution is -0.121. The van der Waals surface area contributed by atoms with Gasteiger partial charge in [0.15, 0.2) is 5.82 Å². The highest BCUT2D eigenvalue weighted by Crippen LogP contribution is 2.40. The highest BCUT2D eigenvalue weighted by Gasteiger charge is 2.32. The third kappa shape index (κ3) is 10.3. The fourth-order valence-electron chi connectivity index (χ4n) is 6.66. The van der Waals surface area contributed by atoms with Crippen molar-refractivity contribution in [3.05, 3.63) is 80.7 Å². The van der Waals surface area contributed by atoms with E-state index >= 15 is 0 Å². The molecule has 4 heterocycles. The molecule has 1 atom stereocenters. The van der Waals surface area contributed by atoms with Crippen LogP contribution in [0.3, 0.4) is 0 Å². The molecule has 57 heavy (non-hydrogen) atoms. The molecule has 0 radical (unpaired) electrons. The first kappa shape index (κ1) is 42.1. The minimum Gasteiger partial charge on any atom is -0.489 e. The minimum atomic E-state index is -0.544. The zero-order valence-corrected chi connectivity index (χ0v) is 34.6. The Balaban J connectivity index is 0.891. The molecular formula is C40H46Cl2N8O6S. The van der Waals surface area contributed by atoms with Gasteiger partial charge < -0.3 is 34.1 Å². The molecule has 0 aliphatic carbocycles. The van der Waals surface area contributed by atoms with Crippen molar-refractivity contribution in [2.24, 2.45) is 4.99 Å². The molecule has 2 aliphatic heterocycles. The molecule has 0 saturated carbocycles. The maximum absolute atomic E-state index is 13.2. The van der Waals surface area contributed by atoms with Crippen LogP contribution in [0.2, 0.25) is 5.02 Å². The van der Waals surface area contributed by atoms with Gasteiger partial charge in [-0.3, -0.25) is 19.1 Å². The largest absolute Gasteiger partial charge is 0.489 e. The lowest BCUT2D eigenvalue weighted by Gasteiger charge is -2.32. The normalized spacial score (nSPS) is 14.4. The molecule has 17 heteroatoms. The summed E-state index contributed by atoms with van der Waals surface area (Å²) >= 11 is 13.7. The van der Waals surface area contributed by atoms with Crippen LogP contribution in [-0.4, -0.2) is 111 Å². The molecule has 0 spiro atoms. The lowest BCUT2D eigenvalue weighted by atomic mass is 9.99. The topological polar surface area (TPSA) is 156 Å². The van der Waals surface area contributed by atoms with Crippen molar-refractivity contribution in [1.29, 1.82) is 5.26 Å². The first-order valence-corrected chi connectivity index (χ1v) is 20.5. The van der Waals surface area contributed by atoms with Crippen molar-refractivity contribution in [1.82, 2.24) is 20.1 Å². The Labute approximate surface area is 346 Å². The van der Waals surface area contributed by atoms with E-state index in [1.807, 2.05) is 54.0 Å². The van der Waals surface area contributed by atoms with E-state index in [4.69, 9.17) is 52.4 Å². The van der Waals surface area contributed by atoms with Crippen LogP contribution in [0.1, 0.15) is 52.1 Å². The van der Waals surface area contributed by atoms with E-state index in [9.17, 15) is 9.59 Å². The van der Waals surface area contributed by atoms with Crippen molar-refractivity contribution in [3.8, 4) is 16.8 Å². The summed E-state index contributed by atoms with van der Waals surface area (Å²) in [5.41, 5.74) is 5.44. The summed E-state index contributed by atoms with van der Waals surface area (Å²) in [5, 5.41) is 22.4. The second-order valence-electron chi connectivity index (χ2n) is 13.4. The fourth-order valence-corrected chi connectivity index (χ4v) is 8.14. The maximum atomic E-state index is 13.2. The first-order chi connectivity index (χ1) is 27.7. The number of anilines is 2. The van der Waals surface area contributed by atoms with Crippen LogP contribution in [0, 0.1) is 32.1 Å². The monoisotopic (exact) mass is 836 g/mol. The van der Waals surface area contributed by atoms with Gasteiger partial charge in [-0.05, 0) is 50.6 Å². The van der Waals surface area contributed by atoms with Crippen LogP contribution in [0.25, 0.3) is 5.00 Å². The van der Waals surface area contributed by atoms with Gasteiger partial charge in [-0.1, -0.05) is 23.7 Å². The van der Waals surface area contributed by atoms with Gasteiger partial charge in [0.25, 0.3) is 0 Å². The maximum Gasteiger partial charge on any atom is 0.241 e. The Morgan fingerprint density at radius 3 is 2.51 bits per heavy atom. The molecular weight excluding hydrogens is 791 g/mol. The number of ether oxygens (including phenoxy) is 4. The molecule has 1 N–H and O–H groups in total. The summed E-state index contributed by atoms with van der Waals surface area (Å²) in [6.45, 7) is 11.1. The number of nitrogens with one attached hydrogen (secondary N) is 1. The van der Waals surface area contributed by atoms with Gasteiger partial charge in [0.05, 0.1) is 76.5 Å². The molecule has 2 amide bonds. The molecule has 6 rings (SSSR count). The van der Waals surface area contributed by atoms with Crippen LogP contribution in [0.15, 0.2) is 47.5 Å². The minimum absolute atomic E-state index is 0.102. The van der Waals surface area contributed by atoms with E-state index in [-0.39, 0.29) is 37.1 Å². The number of carbonyl (C=O) groups is 2. The standard InChI is InChI=1S/C40H46Cl2N8O6S/c1-26-27(2)57-40-37(26)38(29-5-7-30(42)8-6-29)45-32(39-47-46-28(3)50(39)40)24-35(51)44-12-16-53-19-21-55-22-20-54-17-14-48-15-18-56-34-23-31(9-10-33(34)48)49(13-4-11-43)36(52)25-41/h5-10,23,32H,4,12-22,24-25H2,1-3H3,(H,44,51)/t32-/m0/s1. The van der Waals surface area contributed by atoms with Crippen molar-refractivity contribution in [3.63, 3.8) is 0 Å². The number of carbonyl (C=O) groups excluding carboxylic acids is 2. The van der Waals surface area contributed by atoms with Crippen LogP contribution in [-0.2, 0) is 23.8 Å². The van der Waals surface area contributed by atoms with Gasteiger partial charge >= 0.3 is 0 Å². The molecule has 2 aromatic heterocycles. The molecule has 0 saturated heterocycles. The van der Waals surface area contributed by atoms with E-state index in [0.717, 1.165) is 38.9 Å². The Morgan fingerprint density at radius 1 is 1.04 bits per heavy atom. The molecule has 14 nitrogen and oxygen atoms in total. The molecule has 0 bridgehead atoms. The van der Waals surface area contributed by atoms with E-state index in [1.54, 1.807) is 11.3 Å². The average molecular weight is 838 g/mol. The zero-order valence-electron chi connectivity index (χ0n) is 32.3. The van der Waals surface area contributed by atoms with Crippen molar-refractivity contribution >= 4 is 63.4 Å². The predicted molar refractivity (Wildman–Crippen MR) is 221 cm³/mol. The number of rotatable bonds is 19. The quantitative estimate of drug-likeness (QED) is 0.0913. The van der Waals surface area contributed by atoms with E-state index in [0.29, 0.717) is 88.2 Å². The van der Waals surface area contributed by atoms with Crippen molar-refractivity contribution < 1.29 is 28.5 Å². The molecule has 0 unspecified atom stereocenters. The first-order valence-electron chi connectivity index (χ1n) is 18.8.